The molecule has 3 amide bonds. The van der Waals surface area contributed by atoms with Crippen molar-refractivity contribution in [3.63, 3.8) is 0 Å². The van der Waals surface area contributed by atoms with Crippen molar-refractivity contribution in [2.24, 2.45) is 5.92 Å². The number of rotatable bonds is 3. The number of likely N-dealkylation sites (tertiary alicyclic amines) is 1. The molecule has 1 saturated heterocycles. The molecule has 7 nitrogen and oxygen atoms in total. The van der Waals surface area contributed by atoms with E-state index in [1.807, 2.05) is 6.07 Å². The molecule has 0 spiro atoms. The number of nitrogens with one attached hydrogen (secondary N) is 1. The van der Waals surface area contributed by atoms with Gasteiger partial charge in [-0.1, -0.05) is 12.1 Å². The number of likely N-dealkylation sites (N-methyl/N-ethyl adjacent to an activating group) is 1. The molecular formula is C23H24FN3O4. The topological polar surface area (TPSA) is 79.0 Å². The molecule has 0 radical (unpaired) electrons. The Labute approximate surface area is 179 Å². The molecule has 0 saturated carbocycles. The van der Waals surface area contributed by atoms with Gasteiger partial charge < -0.3 is 19.9 Å². The minimum absolute atomic E-state index is 0.109. The highest BCUT2D eigenvalue weighted by Crippen LogP contribution is 2.35. The fourth-order valence-corrected chi connectivity index (χ4v) is 4.10. The Morgan fingerprint density at radius 3 is 2.55 bits per heavy atom. The van der Waals surface area contributed by atoms with E-state index in [1.54, 1.807) is 28.0 Å². The number of benzene rings is 2. The first kappa shape index (κ1) is 20.8. The molecule has 4 rings (SSSR count). The van der Waals surface area contributed by atoms with Crippen LogP contribution in [-0.2, 0) is 9.59 Å². The van der Waals surface area contributed by atoms with Crippen LogP contribution in [0.4, 0.5) is 10.1 Å². The number of halogens is 1. The molecule has 2 heterocycles. The SMILES string of the molecule is CNC(=O)C1CN(C(=O)C2CCCN(C(=O)c3ccc(F)cc3)C2)c2ccccc2O1. The third kappa shape index (κ3) is 4.23. The average molecular weight is 425 g/mol. The van der Waals surface area contributed by atoms with Crippen LogP contribution in [0.25, 0.3) is 0 Å². The van der Waals surface area contributed by atoms with Gasteiger partial charge in [0, 0.05) is 25.7 Å². The van der Waals surface area contributed by atoms with Gasteiger partial charge >= 0.3 is 0 Å². The summed E-state index contributed by atoms with van der Waals surface area (Å²) in [6.45, 7) is 0.928. The number of piperidine rings is 1. The lowest BCUT2D eigenvalue weighted by molar-refractivity contribution is -0.128. The molecule has 1 fully saturated rings. The molecule has 2 unspecified atom stereocenters. The van der Waals surface area contributed by atoms with Crippen molar-refractivity contribution in [3.05, 3.63) is 59.9 Å². The molecule has 31 heavy (non-hydrogen) atoms. The van der Waals surface area contributed by atoms with Crippen LogP contribution < -0.4 is 15.0 Å². The second-order valence-electron chi connectivity index (χ2n) is 7.73. The van der Waals surface area contributed by atoms with Gasteiger partial charge in [0.1, 0.15) is 11.6 Å². The van der Waals surface area contributed by atoms with Crippen LogP contribution in [0.2, 0.25) is 0 Å². The number of carbonyl (C=O) groups is 3. The molecular weight excluding hydrogens is 401 g/mol. The summed E-state index contributed by atoms with van der Waals surface area (Å²) >= 11 is 0. The van der Waals surface area contributed by atoms with E-state index in [-0.39, 0.29) is 30.8 Å². The van der Waals surface area contributed by atoms with E-state index in [4.69, 9.17) is 4.74 Å². The van der Waals surface area contributed by atoms with Crippen molar-refractivity contribution in [1.29, 1.82) is 0 Å². The van der Waals surface area contributed by atoms with Crippen LogP contribution in [0.5, 0.6) is 5.75 Å². The Morgan fingerprint density at radius 1 is 1.06 bits per heavy atom. The van der Waals surface area contributed by atoms with Crippen LogP contribution in [0.15, 0.2) is 48.5 Å². The number of anilines is 1. The molecule has 1 N–H and O–H groups in total. The van der Waals surface area contributed by atoms with Crippen LogP contribution in [0.1, 0.15) is 23.2 Å². The summed E-state index contributed by atoms with van der Waals surface area (Å²) in [5, 5.41) is 2.57. The maximum absolute atomic E-state index is 13.5. The van der Waals surface area contributed by atoms with Crippen molar-refractivity contribution in [3.8, 4) is 5.75 Å². The minimum atomic E-state index is -0.801. The number of carbonyl (C=O) groups excluding carboxylic acids is 3. The lowest BCUT2D eigenvalue weighted by Crippen LogP contribution is -2.53. The Balaban J connectivity index is 1.53. The predicted octanol–water partition coefficient (Wildman–Crippen LogP) is 2.22. The summed E-state index contributed by atoms with van der Waals surface area (Å²) in [6, 6.07) is 12.5. The maximum Gasteiger partial charge on any atom is 0.262 e. The maximum atomic E-state index is 13.5. The van der Waals surface area contributed by atoms with Gasteiger partial charge in [0.15, 0.2) is 6.10 Å². The number of ether oxygens (including phenoxy) is 1. The zero-order valence-corrected chi connectivity index (χ0v) is 17.2. The molecule has 162 valence electrons. The van der Waals surface area contributed by atoms with Crippen LogP contribution in [0, 0.1) is 11.7 Å². The van der Waals surface area contributed by atoms with Crippen molar-refractivity contribution >= 4 is 23.4 Å². The van der Waals surface area contributed by atoms with Gasteiger partial charge in [0.25, 0.3) is 11.8 Å². The highest BCUT2D eigenvalue weighted by molar-refractivity contribution is 5.99. The summed E-state index contributed by atoms with van der Waals surface area (Å²) in [4.78, 5) is 41.7. The molecule has 2 atom stereocenters. The molecule has 2 aromatic rings. The summed E-state index contributed by atoms with van der Waals surface area (Å²) < 4.78 is 19.0. The van der Waals surface area contributed by atoms with Gasteiger partial charge in [-0.3, -0.25) is 14.4 Å². The van der Waals surface area contributed by atoms with E-state index in [0.29, 0.717) is 36.4 Å². The normalized spacial score (nSPS) is 20.5. The lowest BCUT2D eigenvalue weighted by atomic mass is 9.95. The Hall–Kier alpha value is -3.42. The highest BCUT2D eigenvalue weighted by atomic mass is 19.1. The van der Waals surface area contributed by atoms with Gasteiger partial charge in [-0.25, -0.2) is 4.39 Å². The van der Waals surface area contributed by atoms with Crippen molar-refractivity contribution in [2.75, 3.05) is 31.6 Å². The first-order chi connectivity index (χ1) is 15.0. The number of amides is 3. The van der Waals surface area contributed by atoms with E-state index in [0.717, 1.165) is 0 Å². The molecule has 2 aliphatic rings. The molecule has 0 aromatic heterocycles. The number of nitrogens with zero attached hydrogens (tertiary/aromatic N) is 2. The molecule has 0 aliphatic carbocycles. The average Bonchev–Trinajstić information content (AvgIpc) is 2.82. The van der Waals surface area contributed by atoms with Crippen LogP contribution in [0.3, 0.4) is 0 Å². The summed E-state index contributed by atoms with van der Waals surface area (Å²) in [5.41, 5.74) is 1.01. The summed E-state index contributed by atoms with van der Waals surface area (Å²) in [6.07, 6.45) is 0.536. The number of hydrogen-bond acceptors (Lipinski definition) is 4. The van der Waals surface area contributed by atoms with Gasteiger partial charge in [-0.2, -0.15) is 0 Å². The first-order valence-electron chi connectivity index (χ1n) is 10.3. The largest absolute Gasteiger partial charge is 0.477 e. The summed E-state index contributed by atoms with van der Waals surface area (Å²) in [5.74, 6) is -0.978. The Kier molecular flexibility index (Phi) is 5.88. The first-order valence-corrected chi connectivity index (χ1v) is 10.3. The quantitative estimate of drug-likeness (QED) is 0.818. The molecule has 2 aliphatic heterocycles. The molecule has 8 heteroatoms. The van der Waals surface area contributed by atoms with Crippen LogP contribution >= 0.6 is 0 Å². The van der Waals surface area contributed by atoms with Crippen molar-refractivity contribution in [1.82, 2.24) is 10.2 Å². The minimum Gasteiger partial charge on any atom is -0.477 e. The third-order valence-electron chi connectivity index (χ3n) is 5.73. The van der Waals surface area contributed by atoms with Gasteiger partial charge in [0.2, 0.25) is 5.91 Å². The van der Waals surface area contributed by atoms with E-state index in [2.05, 4.69) is 5.32 Å². The van der Waals surface area contributed by atoms with E-state index < -0.39 is 17.8 Å². The number of para-hydroxylation sites is 2. The van der Waals surface area contributed by atoms with Crippen LogP contribution in [-0.4, -0.2) is 55.4 Å². The third-order valence-corrected chi connectivity index (χ3v) is 5.73. The van der Waals surface area contributed by atoms with Gasteiger partial charge in [-0.15, -0.1) is 0 Å². The second-order valence-corrected chi connectivity index (χ2v) is 7.73. The fraction of sp³-hybridized carbons (Fsp3) is 0.348. The Bertz CT molecular complexity index is 995. The highest BCUT2D eigenvalue weighted by Gasteiger charge is 2.38. The standard InChI is InChI=1S/C23H24FN3O4/c1-25-21(28)20-14-27(18-6-2-3-7-19(18)31-20)23(30)16-5-4-12-26(13-16)22(29)15-8-10-17(24)11-9-15/h2-3,6-11,16,20H,4-5,12-14H2,1H3,(H,25,28). The number of hydrogen-bond donors (Lipinski definition) is 1. The molecule has 0 bridgehead atoms. The van der Waals surface area contributed by atoms with E-state index in [9.17, 15) is 18.8 Å². The zero-order chi connectivity index (χ0) is 22.0. The lowest BCUT2D eigenvalue weighted by Gasteiger charge is -2.38. The smallest absolute Gasteiger partial charge is 0.262 e. The van der Waals surface area contributed by atoms with Crippen molar-refractivity contribution < 1.29 is 23.5 Å². The molecule has 2 aromatic carbocycles. The van der Waals surface area contributed by atoms with E-state index >= 15 is 0 Å². The van der Waals surface area contributed by atoms with Crippen molar-refractivity contribution in [2.45, 2.75) is 18.9 Å². The monoisotopic (exact) mass is 425 g/mol. The van der Waals surface area contributed by atoms with Gasteiger partial charge in [0.05, 0.1) is 18.2 Å². The predicted molar refractivity (Wildman–Crippen MR) is 112 cm³/mol. The Morgan fingerprint density at radius 2 is 1.81 bits per heavy atom. The van der Waals surface area contributed by atoms with E-state index in [1.165, 1.54) is 31.3 Å². The second kappa shape index (κ2) is 8.75. The summed E-state index contributed by atoms with van der Waals surface area (Å²) in [7, 11) is 1.53. The zero-order valence-electron chi connectivity index (χ0n) is 17.2. The fourth-order valence-electron chi connectivity index (χ4n) is 4.10. The van der Waals surface area contributed by atoms with Gasteiger partial charge in [-0.05, 0) is 49.2 Å². The number of fused-ring (bicyclic) bond motifs is 1.